The number of anilines is 1. The first-order valence-corrected chi connectivity index (χ1v) is 15.2. The molecule has 2 bridgehead atoms. The third kappa shape index (κ3) is 4.38. The minimum Gasteiger partial charge on any atom is -0.508 e. The highest BCUT2D eigenvalue weighted by atomic mass is 19.1. The Hall–Kier alpha value is -4.00. The van der Waals surface area contributed by atoms with Gasteiger partial charge < -0.3 is 20.1 Å². The number of alkyl halides is 1. The number of piperazine rings is 1. The third-order valence-electron chi connectivity index (χ3n) is 9.92. The summed E-state index contributed by atoms with van der Waals surface area (Å²) in [6, 6.07) is 13.0. The van der Waals surface area contributed by atoms with Crippen LogP contribution in [0.2, 0.25) is 0 Å². The highest BCUT2D eigenvalue weighted by Gasteiger charge is 2.49. The highest BCUT2D eigenvalue weighted by Crippen LogP contribution is 2.42. The first kappa shape index (κ1) is 26.6. The number of phenols is 1. The van der Waals surface area contributed by atoms with E-state index in [0.29, 0.717) is 52.8 Å². The van der Waals surface area contributed by atoms with E-state index in [1.165, 1.54) is 0 Å². The fourth-order valence-corrected chi connectivity index (χ4v) is 8.00. The van der Waals surface area contributed by atoms with E-state index in [4.69, 9.17) is 16.1 Å². The Bertz CT molecular complexity index is 1800. The second-order valence-electron chi connectivity index (χ2n) is 12.6. The SMILES string of the molecule is C#Cc1cccc2cc(O)cc(-c3ccc4c(N5CC6CCC(C5)N6)nc(OC[C@@]56CCCN5C[C@H](F)C6)nc4c3F)c12. The quantitative estimate of drug-likeness (QED) is 0.315. The zero-order valence-electron chi connectivity index (χ0n) is 23.8. The minimum atomic E-state index is -0.877. The van der Waals surface area contributed by atoms with Crippen LogP contribution in [0.25, 0.3) is 32.8 Å². The molecule has 0 saturated carbocycles. The summed E-state index contributed by atoms with van der Waals surface area (Å²) >= 11 is 0. The number of nitrogens with zero attached hydrogens (tertiary/aromatic N) is 4. The monoisotopic (exact) mass is 581 g/mol. The third-order valence-corrected chi connectivity index (χ3v) is 9.92. The van der Waals surface area contributed by atoms with E-state index in [1.54, 1.807) is 18.2 Å². The molecule has 5 heterocycles. The molecule has 0 radical (unpaired) electrons. The smallest absolute Gasteiger partial charge is 0.319 e. The summed E-state index contributed by atoms with van der Waals surface area (Å²) in [4.78, 5) is 13.9. The first-order valence-electron chi connectivity index (χ1n) is 15.2. The van der Waals surface area contributed by atoms with Crippen LogP contribution in [0.1, 0.15) is 37.7 Å². The van der Waals surface area contributed by atoms with E-state index >= 15 is 4.39 Å². The van der Waals surface area contributed by atoms with Crippen molar-refractivity contribution >= 4 is 27.5 Å². The van der Waals surface area contributed by atoms with Gasteiger partial charge in [-0.05, 0) is 67.4 Å². The summed E-state index contributed by atoms with van der Waals surface area (Å²) in [6.07, 6.45) is 9.42. The molecule has 7 nitrogen and oxygen atoms in total. The largest absolute Gasteiger partial charge is 0.508 e. The van der Waals surface area contributed by atoms with Gasteiger partial charge >= 0.3 is 6.01 Å². The number of terminal acetylenes is 1. The Morgan fingerprint density at radius 3 is 2.74 bits per heavy atom. The number of ether oxygens (including phenoxy) is 1. The molecule has 4 atom stereocenters. The van der Waals surface area contributed by atoms with Crippen LogP contribution >= 0.6 is 0 Å². The maximum Gasteiger partial charge on any atom is 0.319 e. The van der Waals surface area contributed by atoms with Crippen LogP contribution < -0.4 is 15.0 Å². The molecule has 1 aromatic heterocycles. The highest BCUT2D eigenvalue weighted by molar-refractivity contribution is 6.04. The molecule has 8 rings (SSSR count). The van der Waals surface area contributed by atoms with Gasteiger partial charge in [0.05, 0.1) is 5.54 Å². The van der Waals surface area contributed by atoms with E-state index in [0.717, 1.165) is 50.7 Å². The lowest BCUT2D eigenvalue weighted by Gasteiger charge is -2.34. The van der Waals surface area contributed by atoms with E-state index in [2.05, 4.69) is 26.0 Å². The summed E-state index contributed by atoms with van der Waals surface area (Å²) in [7, 11) is 0. The standard InChI is InChI=1S/C34H33F2N5O2/c1-2-20-5-3-6-21-13-25(42)14-28(29(20)21)26-9-10-27-31(30(26)36)38-33(39-32(27)40-17-23-7-8-24(18-40)37-23)43-19-34-11-4-12-41(34)16-22(35)15-34/h1,3,5-6,9-10,13-14,22-24,37,42H,4,7-8,11-12,15-19H2/t22-,23?,24?,34+/m1/s1. The number of aromatic nitrogens is 2. The number of aromatic hydroxyl groups is 1. The maximum atomic E-state index is 16.8. The van der Waals surface area contributed by atoms with Crippen molar-refractivity contribution < 1.29 is 18.6 Å². The number of nitrogens with one attached hydrogen (secondary N) is 1. The molecule has 220 valence electrons. The van der Waals surface area contributed by atoms with Gasteiger partial charge in [-0.2, -0.15) is 9.97 Å². The van der Waals surface area contributed by atoms with Gasteiger partial charge in [0.15, 0.2) is 5.82 Å². The summed E-state index contributed by atoms with van der Waals surface area (Å²) in [5, 5.41) is 16.2. The molecule has 4 saturated heterocycles. The van der Waals surface area contributed by atoms with Crippen LogP contribution in [-0.4, -0.2) is 76.6 Å². The van der Waals surface area contributed by atoms with Crippen LogP contribution in [-0.2, 0) is 0 Å². The maximum absolute atomic E-state index is 16.8. The zero-order chi connectivity index (χ0) is 29.3. The van der Waals surface area contributed by atoms with Crippen LogP contribution in [0.4, 0.5) is 14.6 Å². The Kier molecular flexibility index (Phi) is 6.21. The lowest BCUT2D eigenvalue weighted by Crippen LogP contribution is -2.51. The molecule has 0 aliphatic carbocycles. The number of fused-ring (bicyclic) bond motifs is 5. The van der Waals surface area contributed by atoms with Gasteiger partial charge in [-0.25, -0.2) is 8.78 Å². The molecule has 4 aliphatic rings. The molecule has 2 N–H and O–H groups in total. The second-order valence-corrected chi connectivity index (χ2v) is 12.6. The Balaban J connectivity index is 1.27. The fourth-order valence-electron chi connectivity index (χ4n) is 8.00. The Labute approximate surface area is 248 Å². The van der Waals surface area contributed by atoms with Crippen molar-refractivity contribution in [3.8, 4) is 35.2 Å². The second kappa shape index (κ2) is 10.0. The molecule has 43 heavy (non-hydrogen) atoms. The van der Waals surface area contributed by atoms with Gasteiger partial charge in [-0.3, -0.25) is 4.90 Å². The van der Waals surface area contributed by atoms with Crippen molar-refractivity contribution in [1.29, 1.82) is 0 Å². The van der Waals surface area contributed by atoms with Crippen LogP contribution in [0, 0.1) is 18.2 Å². The number of halogens is 2. The first-order chi connectivity index (χ1) is 20.9. The molecule has 0 spiro atoms. The summed E-state index contributed by atoms with van der Waals surface area (Å²) in [5.41, 5.74) is 1.15. The molecule has 3 aromatic carbocycles. The number of rotatable bonds is 5. The van der Waals surface area contributed by atoms with Gasteiger partial charge in [0.25, 0.3) is 0 Å². The number of phenolic OH excluding ortho intramolecular Hbond substituents is 1. The minimum absolute atomic E-state index is 0.0166. The molecular formula is C34H33F2N5O2. The molecule has 4 aliphatic heterocycles. The van der Waals surface area contributed by atoms with Gasteiger partial charge in [-0.15, -0.1) is 6.42 Å². The summed E-state index contributed by atoms with van der Waals surface area (Å²) in [6.45, 7) is 3.05. The summed E-state index contributed by atoms with van der Waals surface area (Å²) in [5.74, 6) is 2.83. The van der Waals surface area contributed by atoms with E-state index < -0.39 is 12.0 Å². The average Bonchev–Trinajstić information content (AvgIpc) is 3.65. The molecule has 0 amide bonds. The lowest BCUT2D eigenvalue weighted by molar-refractivity contribution is 0.107. The molecular weight excluding hydrogens is 548 g/mol. The van der Waals surface area contributed by atoms with Crippen molar-refractivity contribution in [3.63, 3.8) is 0 Å². The predicted octanol–water partition coefficient (Wildman–Crippen LogP) is 5.17. The molecule has 4 aromatic rings. The Morgan fingerprint density at radius 1 is 1.09 bits per heavy atom. The van der Waals surface area contributed by atoms with Crippen molar-refractivity contribution in [2.45, 2.75) is 55.9 Å². The predicted molar refractivity (Wildman–Crippen MR) is 163 cm³/mol. The lowest BCUT2D eigenvalue weighted by atomic mass is 9.93. The van der Waals surface area contributed by atoms with E-state index in [1.807, 2.05) is 24.3 Å². The van der Waals surface area contributed by atoms with Crippen molar-refractivity contribution in [1.82, 2.24) is 20.2 Å². The molecule has 9 heteroatoms. The van der Waals surface area contributed by atoms with E-state index in [9.17, 15) is 9.50 Å². The van der Waals surface area contributed by atoms with Gasteiger partial charge in [0, 0.05) is 60.0 Å². The van der Waals surface area contributed by atoms with Crippen molar-refractivity contribution in [3.05, 3.63) is 53.8 Å². The van der Waals surface area contributed by atoms with Gasteiger partial charge in [0.2, 0.25) is 0 Å². The fraction of sp³-hybridized carbons (Fsp3) is 0.412. The number of hydrogen-bond acceptors (Lipinski definition) is 7. The topological polar surface area (TPSA) is 73.8 Å². The summed E-state index contributed by atoms with van der Waals surface area (Å²) < 4.78 is 37.5. The van der Waals surface area contributed by atoms with Crippen LogP contribution in [0.5, 0.6) is 11.8 Å². The number of benzene rings is 3. The Morgan fingerprint density at radius 2 is 1.93 bits per heavy atom. The number of hydrogen-bond donors (Lipinski definition) is 2. The van der Waals surface area contributed by atoms with Crippen molar-refractivity contribution in [2.75, 3.05) is 37.7 Å². The normalized spacial score (nSPS) is 26.7. The van der Waals surface area contributed by atoms with Crippen LogP contribution in [0.3, 0.4) is 0 Å². The van der Waals surface area contributed by atoms with Gasteiger partial charge in [0.1, 0.15) is 29.9 Å². The van der Waals surface area contributed by atoms with Gasteiger partial charge in [-0.1, -0.05) is 24.1 Å². The zero-order valence-corrected chi connectivity index (χ0v) is 23.8. The molecule has 2 unspecified atom stereocenters. The van der Waals surface area contributed by atoms with Crippen molar-refractivity contribution in [2.24, 2.45) is 0 Å². The molecule has 4 fully saturated rings. The van der Waals surface area contributed by atoms with Crippen LogP contribution in [0.15, 0.2) is 42.5 Å². The average molecular weight is 582 g/mol. The van der Waals surface area contributed by atoms with E-state index in [-0.39, 0.29) is 35.0 Å².